The summed E-state index contributed by atoms with van der Waals surface area (Å²) in [4.78, 5) is 12.2. The minimum atomic E-state index is -0.332. The molecule has 0 unspecified atom stereocenters. The van der Waals surface area contributed by atoms with Crippen molar-refractivity contribution >= 4 is 28.1 Å². The third-order valence-electron chi connectivity index (χ3n) is 3.20. The average molecular weight is 391 g/mol. The molecule has 2 aromatic carbocycles. The van der Waals surface area contributed by atoms with Gasteiger partial charge in [0.1, 0.15) is 0 Å². The number of nitrogens with one attached hydrogen (secondary N) is 1. The summed E-state index contributed by atoms with van der Waals surface area (Å²) in [6, 6.07) is 11.1. The van der Waals surface area contributed by atoms with Crippen molar-refractivity contribution in [2.75, 3.05) is 13.7 Å². The lowest BCUT2D eigenvalue weighted by molar-refractivity contribution is 0.0954. The van der Waals surface area contributed by atoms with E-state index in [9.17, 15) is 4.79 Å². The molecular weight excluding hydrogens is 372 g/mol. The van der Waals surface area contributed by atoms with Gasteiger partial charge in [-0.15, -0.1) is 0 Å². The molecule has 0 aromatic heterocycles. The summed E-state index contributed by atoms with van der Waals surface area (Å²) < 4.78 is 11.4. The summed E-state index contributed by atoms with van der Waals surface area (Å²) in [5, 5.41) is 3.99. The van der Waals surface area contributed by atoms with Crippen LogP contribution >= 0.6 is 15.9 Å². The first kappa shape index (κ1) is 18.0. The van der Waals surface area contributed by atoms with Crippen LogP contribution in [0.15, 0.2) is 46.0 Å². The van der Waals surface area contributed by atoms with Gasteiger partial charge in [-0.25, -0.2) is 5.43 Å². The van der Waals surface area contributed by atoms with Gasteiger partial charge in [0, 0.05) is 5.56 Å². The summed E-state index contributed by atoms with van der Waals surface area (Å²) in [5.74, 6) is 0.722. The molecule has 0 aliphatic heterocycles. The van der Waals surface area contributed by atoms with E-state index in [4.69, 9.17) is 9.47 Å². The van der Waals surface area contributed by atoms with Crippen molar-refractivity contribution in [1.29, 1.82) is 0 Å². The van der Waals surface area contributed by atoms with E-state index in [1.807, 2.05) is 38.1 Å². The number of ether oxygens (including phenoxy) is 2. The van der Waals surface area contributed by atoms with E-state index < -0.39 is 0 Å². The van der Waals surface area contributed by atoms with Crippen LogP contribution in [-0.2, 0) is 0 Å². The fraction of sp³-hybridized carbons (Fsp3) is 0.222. The Bertz CT molecular complexity index is 760. The van der Waals surface area contributed by atoms with E-state index in [1.165, 1.54) is 7.11 Å². The number of benzene rings is 2. The Morgan fingerprint density at radius 2 is 2.12 bits per heavy atom. The molecule has 2 rings (SSSR count). The van der Waals surface area contributed by atoms with E-state index in [2.05, 4.69) is 26.5 Å². The lowest BCUT2D eigenvalue weighted by atomic mass is 10.2. The van der Waals surface area contributed by atoms with Crippen LogP contribution in [0.3, 0.4) is 0 Å². The third-order valence-corrected chi connectivity index (χ3v) is 3.79. The van der Waals surface area contributed by atoms with Gasteiger partial charge in [0.2, 0.25) is 0 Å². The van der Waals surface area contributed by atoms with E-state index >= 15 is 0 Å². The molecule has 1 N–H and O–H groups in total. The maximum Gasteiger partial charge on any atom is 0.271 e. The normalized spacial score (nSPS) is 10.7. The number of carbonyl (C=O) groups excluding carboxylic acids is 1. The average Bonchev–Trinajstić information content (AvgIpc) is 2.56. The van der Waals surface area contributed by atoms with Crippen molar-refractivity contribution < 1.29 is 14.3 Å². The van der Waals surface area contributed by atoms with Gasteiger partial charge in [-0.3, -0.25) is 4.79 Å². The zero-order valence-electron chi connectivity index (χ0n) is 13.8. The Labute approximate surface area is 149 Å². The fourth-order valence-corrected chi connectivity index (χ4v) is 2.67. The Balaban J connectivity index is 2.13. The number of methoxy groups -OCH3 is 1. The first-order valence-electron chi connectivity index (χ1n) is 7.45. The van der Waals surface area contributed by atoms with Gasteiger partial charge in [0.05, 0.1) is 24.4 Å². The molecular formula is C18H19BrN2O3. The predicted molar refractivity (Wildman–Crippen MR) is 98.1 cm³/mol. The third kappa shape index (κ3) is 4.58. The molecule has 0 saturated carbocycles. The lowest BCUT2D eigenvalue weighted by Gasteiger charge is -2.12. The minimum absolute atomic E-state index is 0.332. The molecule has 0 aliphatic rings. The highest BCUT2D eigenvalue weighted by molar-refractivity contribution is 9.10. The van der Waals surface area contributed by atoms with Crippen LogP contribution < -0.4 is 14.9 Å². The van der Waals surface area contributed by atoms with Gasteiger partial charge in [-0.05, 0) is 47.5 Å². The fourth-order valence-electron chi connectivity index (χ4n) is 2.12. The second-order valence-electron chi connectivity index (χ2n) is 5.04. The van der Waals surface area contributed by atoms with Crippen molar-refractivity contribution in [1.82, 2.24) is 5.43 Å². The number of rotatable bonds is 6. The molecule has 0 spiro atoms. The Morgan fingerprint density at radius 1 is 1.33 bits per heavy atom. The molecule has 0 aliphatic carbocycles. The molecule has 2 aromatic rings. The monoisotopic (exact) mass is 390 g/mol. The molecule has 0 bridgehead atoms. The molecule has 6 heteroatoms. The quantitative estimate of drug-likeness (QED) is 0.600. The Hall–Kier alpha value is -2.34. The first-order chi connectivity index (χ1) is 11.5. The van der Waals surface area contributed by atoms with E-state index in [0.717, 1.165) is 11.1 Å². The van der Waals surface area contributed by atoms with Crippen LogP contribution in [-0.4, -0.2) is 25.8 Å². The maximum absolute atomic E-state index is 12.2. The number of amides is 1. The highest BCUT2D eigenvalue weighted by atomic mass is 79.9. The van der Waals surface area contributed by atoms with Gasteiger partial charge in [-0.1, -0.05) is 29.8 Å². The summed E-state index contributed by atoms with van der Waals surface area (Å²) in [5.41, 5.74) is 4.98. The van der Waals surface area contributed by atoms with Crippen LogP contribution in [0.25, 0.3) is 0 Å². The number of carbonyl (C=O) groups is 1. The smallest absolute Gasteiger partial charge is 0.271 e. The summed E-state index contributed by atoms with van der Waals surface area (Å²) in [6.07, 6.45) is 1.60. The van der Waals surface area contributed by atoms with Gasteiger partial charge in [-0.2, -0.15) is 5.10 Å². The molecule has 0 radical (unpaired) electrons. The molecule has 126 valence electrons. The minimum Gasteiger partial charge on any atom is -0.493 e. The number of aryl methyl sites for hydroxylation is 1. The van der Waals surface area contributed by atoms with Crippen LogP contribution in [0.5, 0.6) is 11.5 Å². The zero-order chi connectivity index (χ0) is 17.5. The Kier molecular flexibility index (Phi) is 6.37. The SMILES string of the molecule is CCOc1c(Br)cc(C(=O)N/N=C\c2cccc(C)c2)cc1OC. The summed E-state index contributed by atoms with van der Waals surface area (Å²) in [6.45, 7) is 4.38. The van der Waals surface area contributed by atoms with Crippen LogP contribution in [0.1, 0.15) is 28.4 Å². The van der Waals surface area contributed by atoms with Crippen LogP contribution in [0.2, 0.25) is 0 Å². The lowest BCUT2D eigenvalue weighted by Crippen LogP contribution is -2.18. The van der Waals surface area contributed by atoms with Gasteiger partial charge < -0.3 is 9.47 Å². The standard InChI is InChI=1S/C18H19BrN2O3/c1-4-24-17-15(19)9-14(10-16(17)23-3)18(22)21-20-11-13-7-5-6-12(2)8-13/h5-11H,4H2,1-3H3,(H,21,22)/b20-11-. The largest absolute Gasteiger partial charge is 0.493 e. The number of hydrogen-bond acceptors (Lipinski definition) is 4. The highest BCUT2D eigenvalue weighted by Crippen LogP contribution is 2.36. The van der Waals surface area contributed by atoms with E-state index in [1.54, 1.807) is 18.3 Å². The maximum atomic E-state index is 12.2. The van der Waals surface area contributed by atoms with Crippen molar-refractivity contribution in [3.05, 3.63) is 57.6 Å². The second kappa shape index (κ2) is 8.49. The molecule has 5 nitrogen and oxygen atoms in total. The van der Waals surface area contributed by atoms with Gasteiger partial charge in [0.15, 0.2) is 11.5 Å². The van der Waals surface area contributed by atoms with Crippen molar-refractivity contribution in [2.45, 2.75) is 13.8 Å². The van der Waals surface area contributed by atoms with Crippen LogP contribution in [0, 0.1) is 6.92 Å². The summed E-state index contributed by atoms with van der Waals surface area (Å²) in [7, 11) is 1.53. The number of hydrazone groups is 1. The molecule has 0 fully saturated rings. The zero-order valence-corrected chi connectivity index (χ0v) is 15.4. The van der Waals surface area contributed by atoms with E-state index in [0.29, 0.717) is 28.1 Å². The van der Waals surface area contributed by atoms with Gasteiger partial charge >= 0.3 is 0 Å². The Morgan fingerprint density at radius 3 is 2.79 bits per heavy atom. The van der Waals surface area contributed by atoms with Crippen LogP contribution in [0.4, 0.5) is 0 Å². The molecule has 0 heterocycles. The van der Waals surface area contributed by atoms with Crippen molar-refractivity contribution in [2.24, 2.45) is 5.10 Å². The topological polar surface area (TPSA) is 59.9 Å². The molecule has 1 amide bonds. The number of hydrogen-bond donors (Lipinski definition) is 1. The second-order valence-corrected chi connectivity index (χ2v) is 5.89. The molecule has 0 atom stereocenters. The number of nitrogens with zero attached hydrogens (tertiary/aromatic N) is 1. The molecule has 24 heavy (non-hydrogen) atoms. The number of halogens is 1. The first-order valence-corrected chi connectivity index (χ1v) is 8.24. The highest BCUT2D eigenvalue weighted by Gasteiger charge is 2.15. The van der Waals surface area contributed by atoms with E-state index in [-0.39, 0.29) is 5.91 Å². The molecule has 0 saturated heterocycles. The summed E-state index contributed by atoms with van der Waals surface area (Å²) >= 11 is 3.40. The van der Waals surface area contributed by atoms with Crippen molar-refractivity contribution in [3.63, 3.8) is 0 Å². The predicted octanol–water partition coefficient (Wildman–Crippen LogP) is 3.93. The van der Waals surface area contributed by atoms with Gasteiger partial charge in [0.25, 0.3) is 5.91 Å². The van der Waals surface area contributed by atoms with Crippen molar-refractivity contribution in [3.8, 4) is 11.5 Å².